The Morgan fingerprint density at radius 1 is 1.35 bits per heavy atom. The van der Waals surface area contributed by atoms with Crippen molar-refractivity contribution in [2.45, 2.75) is 18.8 Å². The van der Waals surface area contributed by atoms with Crippen LogP contribution in [0.2, 0.25) is 0 Å². The van der Waals surface area contributed by atoms with Crippen LogP contribution in [0.5, 0.6) is 5.88 Å². The van der Waals surface area contributed by atoms with E-state index in [9.17, 15) is 4.79 Å². The Hall–Kier alpha value is -1.70. The van der Waals surface area contributed by atoms with Gasteiger partial charge in [0, 0.05) is 39.1 Å². The highest BCUT2D eigenvalue weighted by molar-refractivity contribution is 5.67. The van der Waals surface area contributed by atoms with Crippen molar-refractivity contribution in [1.82, 2.24) is 10.3 Å². The molecule has 0 fully saturated rings. The molecule has 1 heterocycles. The number of carboxylic acid groups (broad SMARTS) is 1. The molecule has 112 valence electrons. The summed E-state index contributed by atoms with van der Waals surface area (Å²) in [4.78, 5) is 15.0. The first-order chi connectivity index (χ1) is 9.60. The molecule has 7 heteroatoms. The smallest absolute Gasteiger partial charge is 0.305 e. The number of nitrogens with one attached hydrogen (secondary N) is 1. The van der Waals surface area contributed by atoms with Crippen molar-refractivity contribution in [2.75, 3.05) is 27.9 Å². The molecule has 20 heavy (non-hydrogen) atoms. The number of carbonyl (C=O) groups is 1. The summed E-state index contributed by atoms with van der Waals surface area (Å²) in [7, 11) is 4.57. The van der Waals surface area contributed by atoms with Gasteiger partial charge in [0.15, 0.2) is 6.29 Å². The number of ether oxygens (including phenoxy) is 3. The van der Waals surface area contributed by atoms with Crippen molar-refractivity contribution in [3.8, 4) is 5.88 Å². The molecule has 0 saturated carbocycles. The zero-order chi connectivity index (χ0) is 15.0. The molecule has 0 saturated heterocycles. The molecule has 0 aliphatic heterocycles. The molecular formula is C13H20N2O5. The molecule has 0 aliphatic rings. The zero-order valence-electron chi connectivity index (χ0n) is 11.8. The highest BCUT2D eigenvalue weighted by Crippen LogP contribution is 2.18. The van der Waals surface area contributed by atoms with Gasteiger partial charge in [-0.05, 0) is 5.56 Å². The Kier molecular flexibility index (Phi) is 6.92. The number of aliphatic carboxylic acids is 1. The van der Waals surface area contributed by atoms with Crippen molar-refractivity contribution in [3.63, 3.8) is 0 Å². The minimum Gasteiger partial charge on any atom is -0.481 e. The minimum atomic E-state index is -0.898. The lowest BCUT2D eigenvalue weighted by molar-refractivity contribution is -0.138. The van der Waals surface area contributed by atoms with Crippen LogP contribution >= 0.6 is 0 Å². The van der Waals surface area contributed by atoms with Crippen molar-refractivity contribution >= 4 is 5.97 Å². The summed E-state index contributed by atoms with van der Waals surface area (Å²) < 4.78 is 15.1. The van der Waals surface area contributed by atoms with E-state index in [0.717, 1.165) is 5.56 Å². The number of pyridine rings is 1. The number of methoxy groups -OCH3 is 3. The molecule has 2 N–H and O–H groups in total. The molecule has 1 unspecified atom stereocenters. The average molecular weight is 284 g/mol. The molecule has 1 rings (SSSR count). The highest BCUT2D eigenvalue weighted by atomic mass is 16.7. The van der Waals surface area contributed by atoms with Gasteiger partial charge in [-0.2, -0.15) is 0 Å². The van der Waals surface area contributed by atoms with Gasteiger partial charge in [-0.1, -0.05) is 6.07 Å². The quantitative estimate of drug-likeness (QED) is 0.649. The summed E-state index contributed by atoms with van der Waals surface area (Å²) in [6, 6.07) is 3.09. The van der Waals surface area contributed by atoms with E-state index >= 15 is 0 Å². The minimum absolute atomic E-state index is 0.0614. The lowest BCUT2D eigenvalue weighted by Crippen LogP contribution is -2.33. The van der Waals surface area contributed by atoms with Gasteiger partial charge in [0.1, 0.15) is 0 Å². The van der Waals surface area contributed by atoms with Gasteiger partial charge in [0.05, 0.1) is 13.5 Å². The van der Waals surface area contributed by atoms with Crippen LogP contribution in [-0.2, 0) is 14.3 Å². The SMILES string of the molecule is COc1ccc(C(CC(=O)O)NCC(OC)OC)cn1. The van der Waals surface area contributed by atoms with Crippen LogP contribution in [0.15, 0.2) is 18.3 Å². The van der Waals surface area contributed by atoms with Crippen LogP contribution in [-0.4, -0.2) is 50.2 Å². The fraction of sp³-hybridized carbons (Fsp3) is 0.538. The predicted octanol–water partition coefficient (Wildman–Crippen LogP) is 0.814. The molecular weight excluding hydrogens is 264 g/mol. The van der Waals surface area contributed by atoms with Gasteiger partial charge < -0.3 is 24.6 Å². The van der Waals surface area contributed by atoms with Crippen LogP contribution < -0.4 is 10.1 Å². The molecule has 0 aliphatic carbocycles. The fourth-order valence-corrected chi connectivity index (χ4v) is 1.70. The Bertz CT molecular complexity index is 406. The predicted molar refractivity (Wildman–Crippen MR) is 71.6 cm³/mol. The third-order valence-corrected chi connectivity index (χ3v) is 2.81. The number of hydrogen-bond acceptors (Lipinski definition) is 6. The molecule has 1 aromatic rings. The monoisotopic (exact) mass is 284 g/mol. The number of nitrogens with zero attached hydrogens (tertiary/aromatic N) is 1. The first kappa shape index (κ1) is 16.4. The molecule has 0 spiro atoms. The lowest BCUT2D eigenvalue weighted by atomic mass is 10.1. The maximum absolute atomic E-state index is 10.9. The third kappa shape index (κ3) is 5.12. The molecule has 0 radical (unpaired) electrons. The van der Waals surface area contributed by atoms with Crippen LogP contribution in [0, 0.1) is 0 Å². The van der Waals surface area contributed by atoms with Crippen LogP contribution in [0.4, 0.5) is 0 Å². The van der Waals surface area contributed by atoms with Crippen molar-refractivity contribution in [2.24, 2.45) is 0 Å². The van der Waals surface area contributed by atoms with Crippen LogP contribution in [0.3, 0.4) is 0 Å². The molecule has 0 aromatic carbocycles. The summed E-state index contributed by atoms with van der Waals surface area (Å²) in [6.45, 7) is 0.372. The van der Waals surface area contributed by atoms with Gasteiger partial charge in [-0.25, -0.2) is 4.98 Å². The van der Waals surface area contributed by atoms with Gasteiger partial charge in [-0.3, -0.25) is 4.79 Å². The van der Waals surface area contributed by atoms with Gasteiger partial charge in [0.25, 0.3) is 0 Å². The first-order valence-corrected chi connectivity index (χ1v) is 6.11. The molecule has 7 nitrogen and oxygen atoms in total. The summed E-state index contributed by atoms with van der Waals surface area (Å²) in [6.07, 6.45) is 1.10. The van der Waals surface area contributed by atoms with Crippen molar-refractivity contribution < 1.29 is 24.1 Å². The second kappa shape index (κ2) is 8.47. The summed E-state index contributed by atoms with van der Waals surface area (Å²) >= 11 is 0. The maximum atomic E-state index is 10.9. The largest absolute Gasteiger partial charge is 0.481 e. The Labute approximate surface area is 117 Å². The van der Waals surface area contributed by atoms with E-state index in [4.69, 9.17) is 19.3 Å². The third-order valence-electron chi connectivity index (χ3n) is 2.81. The van der Waals surface area contributed by atoms with E-state index in [2.05, 4.69) is 10.3 Å². The van der Waals surface area contributed by atoms with Crippen molar-refractivity contribution in [3.05, 3.63) is 23.9 Å². The first-order valence-electron chi connectivity index (χ1n) is 6.11. The van der Waals surface area contributed by atoms with Gasteiger partial charge in [0.2, 0.25) is 5.88 Å². The molecule has 0 amide bonds. The fourth-order valence-electron chi connectivity index (χ4n) is 1.70. The number of rotatable bonds is 9. The average Bonchev–Trinajstić information content (AvgIpc) is 2.46. The lowest BCUT2D eigenvalue weighted by Gasteiger charge is -2.20. The zero-order valence-corrected chi connectivity index (χ0v) is 11.8. The number of carboxylic acids is 1. The van der Waals surface area contributed by atoms with E-state index < -0.39 is 12.3 Å². The van der Waals surface area contributed by atoms with Gasteiger partial charge >= 0.3 is 5.97 Å². The topological polar surface area (TPSA) is 89.9 Å². The van der Waals surface area contributed by atoms with E-state index in [1.54, 1.807) is 18.3 Å². The normalized spacial score (nSPS) is 12.4. The van der Waals surface area contributed by atoms with E-state index in [1.165, 1.54) is 21.3 Å². The molecule has 0 bridgehead atoms. The Morgan fingerprint density at radius 2 is 2.05 bits per heavy atom. The Balaban J connectivity index is 2.74. The summed E-state index contributed by atoms with van der Waals surface area (Å²) in [5.74, 6) is -0.417. The van der Waals surface area contributed by atoms with Crippen LogP contribution in [0.25, 0.3) is 0 Å². The highest BCUT2D eigenvalue weighted by Gasteiger charge is 2.17. The second-order valence-corrected chi connectivity index (χ2v) is 4.09. The molecule has 1 atom stereocenters. The van der Waals surface area contributed by atoms with Crippen molar-refractivity contribution in [1.29, 1.82) is 0 Å². The van der Waals surface area contributed by atoms with E-state index in [0.29, 0.717) is 12.4 Å². The number of hydrogen-bond donors (Lipinski definition) is 2. The van der Waals surface area contributed by atoms with Gasteiger partial charge in [-0.15, -0.1) is 0 Å². The maximum Gasteiger partial charge on any atom is 0.305 e. The Morgan fingerprint density at radius 3 is 2.50 bits per heavy atom. The van der Waals surface area contributed by atoms with Crippen LogP contribution in [0.1, 0.15) is 18.0 Å². The summed E-state index contributed by atoms with van der Waals surface area (Å²) in [5.41, 5.74) is 0.763. The van der Waals surface area contributed by atoms with E-state index in [1.807, 2.05) is 0 Å². The standard InChI is InChI=1S/C13H20N2O5/c1-18-11-5-4-9(7-15-11)10(6-12(16)17)14-8-13(19-2)20-3/h4-5,7,10,13-14H,6,8H2,1-3H3,(H,16,17). The number of aromatic nitrogens is 1. The molecule has 1 aromatic heterocycles. The second-order valence-electron chi connectivity index (χ2n) is 4.09. The van der Waals surface area contributed by atoms with E-state index in [-0.39, 0.29) is 12.5 Å². The summed E-state index contributed by atoms with van der Waals surface area (Å²) in [5, 5.41) is 12.1.